The average molecular weight is 311 g/mol. The summed E-state index contributed by atoms with van der Waals surface area (Å²) in [7, 11) is 0. The van der Waals surface area contributed by atoms with E-state index >= 15 is 0 Å². The largest absolute Gasteiger partial charge is 0.427 e. The van der Waals surface area contributed by atoms with E-state index in [4.69, 9.17) is 4.74 Å². The van der Waals surface area contributed by atoms with Crippen molar-refractivity contribution >= 4 is 11.9 Å². The van der Waals surface area contributed by atoms with Crippen LogP contribution in [0.3, 0.4) is 0 Å². The molecule has 2 aromatic carbocycles. The van der Waals surface area contributed by atoms with E-state index in [1.165, 1.54) is 12.5 Å². The average Bonchev–Trinajstić information content (AvgIpc) is 2.54. The molecule has 0 aliphatic carbocycles. The maximum atomic E-state index is 12.2. The third kappa shape index (κ3) is 5.58. The summed E-state index contributed by atoms with van der Waals surface area (Å²) in [6.07, 6.45) is 1.80. The number of esters is 1. The molecule has 0 saturated carbocycles. The number of aryl methyl sites for hydroxylation is 1. The van der Waals surface area contributed by atoms with Gasteiger partial charge in [0.15, 0.2) is 0 Å². The van der Waals surface area contributed by atoms with E-state index in [9.17, 15) is 9.59 Å². The van der Waals surface area contributed by atoms with Crippen LogP contribution in [0.1, 0.15) is 36.2 Å². The Morgan fingerprint density at radius 2 is 1.70 bits per heavy atom. The van der Waals surface area contributed by atoms with E-state index in [-0.39, 0.29) is 17.9 Å². The molecule has 0 aromatic heterocycles. The van der Waals surface area contributed by atoms with Gasteiger partial charge in [0.1, 0.15) is 5.75 Å². The molecule has 0 heterocycles. The van der Waals surface area contributed by atoms with Crippen LogP contribution in [0.4, 0.5) is 0 Å². The van der Waals surface area contributed by atoms with Gasteiger partial charge in [-0.2, -0.15) is 0 Å². The lowest BCUT2D eigenvalue weighted by atomic mass is 10.1. The lowest BCUT2D eigenvalue weighted by Gasteiger charge is -2.14. The lowest BCUT2D eigenvalue weighted by Crippen LogP contribution is -2.32. The summed E-state index contributed by atoms with van der Waals surface area (Å²) >= 11 is 0. The highest BCUT2D eigenvalue weighted by molar-refractivity contribution is 5.94. The summed E-state index contributed by atoms with van der Waals surface area (Å²) in [6, 6.07) is 16.8. The standard InChI is InChI=1S/C19H21NO3/c1-14(8-9-16-6-4-3-5-7-16)20-19(22)17-10-12-18(13-11-17)23-15(2)21/h3-7,10-14H,8-9H2,1-2H3,(H,20,22)/t14-/m1/s1. The Morgan fingerprint density at radius 3 is 2.30 bits per heavy atom. The van der Waals surface area contributed by atoms with Crippen molar-refractivity contribution in [1.29, 1.82) is 0 Å². The zero-order valence-electron chi connectivity index (χ0n) is 13.4. The van der Waals surface area contributed by atoms with Crippen LogP contribution in [0.25, 0.3) is 0 Å². The maximum Gasteiger partial charge on any atom is 0.308 e. The second-order valence-corrected chi connectivity index (χ2v) is 5.52. The summed E-state index contributed by atoms with van der Waals surface area (Å²) in [4.78, 5) is 23.0. The van der Waals surface area contributed by atoms with Crippen LogP contribution < -0.4 is 10.1 Å². The smallest absolute Gasteiger partial charge is 0.308 e. The fourth-order valence-corrected chi connectivity index (χ4v) is 2.25. The normalized spacial score (nSPS) is 11.6. The Kier molecular flexibility index (Phi) is 5.92. The molecule has 0 bridgehead atoms. The molecule has 120 valence electrons. The number of hydrogen-bond donors (Lipinski definition) is 1. The number of amides is 1. The number of benzene rings is 2. The van der Waals surface area contributed by atoms with Crippen molar-refractivity contribution in [3.63, 3.8) is 0 Å². The van der Waals surface area contributed by atoms with Crippen LogP contribution in [0.2, 0.25) is 0 Å². The molecular formula is C19H21NO3. The second-order valence-electron chi connectivity index (χ2n) is 5.52. The van der Waals surface area contributed by atoms with Gasteiger partial charge in [-0.1, -0.05) is 30.3 Å². The zero-order valence-corrected chi connectivity index (χ0v) is 13.4. The van der Waals surface area contributed by atoms with Crippen LogP contribution in [-0.4, -0.2) is 17.9 Å². The van der Waals surface area contributed by atoms with Gasteiger partial charge < -0.3 is 10.1 Å². The van der Waals surface area contributed by atoms with Gasteiger partial charge in [0.05, 0.1) is 0 Å². The van der Waals surface area contributed by atoms with Gasteiger partial charge in [-0.3, -0.25) is 9.59 Å². The molecule has 4 heteroatoms. The summed E-state index contributed by atoms with van der Waals surface area (Å²) in [6.45, 7) is 3.34. The molecule has 0 aliphatic heterocycles. The molecule has 0 unspecified atom stereocenters. The first-order chi connectivity index (χ1) is 11.0. The minimum absolute atomic E-state index is 0.0795. The molecular weight excluding hydrogens is 290 g/mol. The lowest BCUT2D eigenvalue weighted by molar-refractivity contribution is -0.131. The first-order valence-electron chi connectivity index (χ1n) is 7.68. The number of carbonyl (C=O) groups is 2. The van der Waals surface area contributed by atoms with Gasteiger partial charge >= 0.3 is 5.97 Å². The topological polar surface area (TPSA) is 55.4 Å². The summed E-state index contributed by atoms with van der Waals surface area (Å²) < 4.78 is 4.95. The predicted molar refractivity (Wildman–Crippen MR) is 89.4 cm³/mol. The number of carbonyl (C=O) groups excluding carboxylic acids is 2. The summed E-state index contributed by atoms with van der Waals surface area (Å²) in [5, 5.41) is 2.98. The Bertz CT molecular complexity index is 650. The minimum Gasteiger partial charge on any atom is -0.427 e. The zero-order chi connectivity index (χ0) is 16.7. The van der Waals surface area contributed by atoms with Crippen LogP contribution in [0.5, 0.6) is 5.75 Å². The van der Waals surface area contributed by atoms with E-state index in [0.717, 1.165) is 12.8 Å². The quantitative estimate of drug-likeness (QED) is 0.657. The van der Waals surface area contributed by atoms with Crippen molar-refractivity contribution in [3.8, 4) is 5.75 Å². The van der Waals surface area contributed by atoms with Crippen molar-refractivity contribution in [3.05, 3.63) is 65.7 Å². The number of hydrogen-bond acceptors (Lipinski definition) is 3. The first-order valence-corrected chi connectivity index (χ1v) is 7.68. The Hall–Kier alpha value is -2.62. The van der Waals surface area contributed by atoms with Gasteiger partial charge in [-0.05, 0) is 49.6 Å². The van der Waals surface area contributed by atoms with E-state index in [2.05, 4.69) is 17.4 Å². The fraction of sp³-hybridized carbons (Fsp3) is 0.263. The molecule has 2 rings (SSSR count). The molecule has 2 aromatic rings. The molecule has 1 N–H and O–H groups in total. The Morgan fingerprint density at radius 1 is 1.04 bits per heavy atom. The highest BCUT2D eigenvalue weighted by Crippen LogP contribution is 2.13. The molecule has 0 radical (unpaired) electrons. The van der Waals surface area contributed by atoms with Crippen LogP contribution in [0.15, 0.2) is 54.6 Å². The van der Waals surface area contributed by atoms with Crippen LogP contribution in [-0.2, 0) is 11.2 Å². The molecule has 23 heavy (non-hydrogen) atoms. The van der Waals surface area contributed by atoms with E-state index in [0.29, 0.717) is 11.3 Å². The highest BCUT2D eigenvalue weighted by Gasteiger charge is 2.10. The number of nitrogens with one attached hydrogen (secondary N) is 1. The monoisotopic (exact) mass is 311 g/mol. The molecule has 0 saturated heterocycles. The van der Waals surface area contributed by atoms with Crippen molar-refractivity contribution < 1.29 is 14.3 Å². The molecule has 0 spiro atoms. The van der Waals surface area contributed by atoms with Crippen LogP contribution in [0, 0.1) is 0 Å². The van der Waals surface area contributed by atoms with Gasteiger partial charge in [0.25, 0.3) is 5.91 Å². The van der Waals surface area contributed by atoms with Crippen molar-refractivity contribution in [1.82, 2.24) is 5.32 Å². The van der Waals surface area contributed by atoms with Crippen molar-refractivity contribution in [2.45, 2.75) is 32.7 Å². The fourth-order valence-electron chi connectivity index (χ4n) is 2.25. The van der Waals surface area contributed by atoms with E-state index in [1.807, 2.05) is 25.1 Å². The molecule has 1 amide bonds. The highest BCUT2D eigenvalue weighted by atomic mass is 16.5. The van der Waals surface area contributed by atoms with Crippen molar-refractivity contribution in [2.75, 3.05) is 0 Å². The minimum atomic E-state index is -0.378. The predicted octanol–water partition coefficient (Wildman–Crippen LogP) is 3.36. The second kappa shape index (κ2) is 8.13. The third-order valence-corrected chi connectivity index (χ3v) is 3.46. The summed E-state index contributed by atoms with van der Waals surface area (Å²) in [5.41, 5.74) is 1.81. The van der Waals surface area contributed by atoms with Gasteiger partial charge in [-0.15, -0.1) is 0 Å². The SMILES string of the molecule is CC(=O)Oc1ccc(C(=O)N[C@H](C)CCc2ccccc2)cc1. The first kappa shape index (κ1) is 16.7. The maximum absolute atomic E-state index is 12.2. The summed E-state index contributed by atoms with van der Waals surface area (Å²) in [5.74, 6) is -0.0668. The molecule has 0 fully saturated rings. The van der Waals surface area contributed by atoms with E-state index in [1.54, 1.807) is 24.3 Å². The van der Waals surface area contributed by atoms with Crippen molar-refractivity contribution in [2.24, 2.45) is 0 Å². The third-order valence-electron chi connectivity index (χ3n) is 3.46. The number of rotatable bonds is 6. The Balaban J connectivity index is 1.84. The van der Waals surface area contributed by atoms with E-state index < -0.39 is 0 Å². The molecule has 0 aliphatic rings. The number of ether oxygens (including phenoxy) is 1. The van der Waals surface area contributed by atoms with Gasteiger partial charge in [0.2, 0.25) is 0 Å². The van der Waals surface area contributed by atoms with Gasteiger partial charge in [0, 0.05) is 18.5 Å². The van der Waals surface area contributed by atoms with Crippen LogP contribution >= 0.6 is 0 Å². The van der Waals surface area contributed by atoms with Gasteiger partial charge in [-0.25, -0.2) is 0 Å². The molecule has 1 atom stereocenters. The molecule has 4 nitrogen and oxygen atoms in total. The Labute approximate surface area is 136 Å².